The molecule has 0 aromatic rings. The molecule has 0 spiro atoms. The van der Waals surface area contributed by atoms with Crippen molar-refractivity contribution >= 4 is 29.4 Å². The fourth-order valence-corrected chi connectivity index (χ4v) is 8.47. The number of carbonyl (C=O) groups excluding carboxylic acids is 3. The molecule has 3 aliphatic carbocycles. The van der Waals surface area contributed by atoms with Gasteiger partial charge in [-0.1, -0.05) is 47.6 Å². The normalized spacial score (nSPS) is 39.4. The number of aliphatic hydroxyl groups excluding tert-OH is 1. The van der Waals surface area contributed by atoms with Gasteiger partial charge in [-0.25, -0.2) is 0 Å². The number of carbonyl (C=O) groups is 3. The molecule has 0 aliphatic heterocycles. The van der Waals surface area contributed by atoms with Gasteiger partial charge in [-0.15, -0.1) is 18.3 Å². The van der Waals surface area contributed by atoms with E-state index < -0.39 is 33.8 Å². The minimum atomic E-state index is -0.684. The molecule has 7 nitrogen and oxygen atoms in total. The Morgan fingerprint density at radius 1 is 1.28 bits per heavy atom. The third-order valence-electron chi connectivity index (χ3n) is 10.9. The summed E-state index contributed by atoms with van der Waals surface area (Å²) >= 11 is 1.43. The molecule has 39 heavy (non-hydrogen) atoms. The van der Waals surface area contributed by atoms with E-state index in [-0.39, 0.29) is 52.5 Å². The van der Waals surface area contributed by atoms with E-state index in [1.54, 1.807) is 0 Å². The van der Waals surface area contributed by atoms with E-state index in [0.717, 1.165) is 19.3 Å². The first-order chi connectivity index (χ1) is 17.9. The van der Waals surface area contributed by atoms with Gasteiger partial charge in [0.2, 0.25) is 5.91 Å². The molecule has 0 heterocycles. The second-order valence-electron chi connectivity index (χ2n) is 14.1. The van der Waals surface area contributed by atoms with Crippen LogP contribution in [0.15, 0.2) is 12.7 Å². The molecule has 0 aromatic heterocycles. The first kappa shape index (κ1) is 32.1. The molecule has 0 saturated heterocycles. The zero-order valence-corrected chi connectivity index (χ0v) is 26.2. The summed E-state index contributed by atoms with van der Waals surface area (Å²) in [6, 6.07) is -0.573. The van der Waals surface area contributed by atoms with Crippen molar-refractivity contribution in [3.05, 3.63) is 12.7 Å². The number of ketones is 1. The lowest BCUT2D eigenvalue weighted by Gasteiger charge is -2.61. The van der Waals surface area contributed by atoms with Crippen LogP contribution in [0.5, 0.6) is 0 Å². The Balaban J connectivity index is 1.82. The molecule has 3 saturated carbocycles. The minimum absolute atomic E-state index is 0.0382. The molecule has 1 amide bonds. The van der Waals surface area contributed by atoms with Crippen LogP contribution in [-0.4, -0.2) is 58.1 Å². The molecule has 222 valence electrons. The van der Waals surface area contributed by atoms with E-state index in [9.17, 15) is 19.5 Å². The van der Waals surface area contributed by atoms with E-state index in [2.05, 4.69) is 32.7 Å². The predicted molar refractivity (Wildman–Crippen MR) is 157 cm³/mol. The molecular formula is C31H52N2O5S. The quantitative estimate of drug-likeness (QED) is 0.279. The average molecular weight is 565 g/mol. The number of Topliss-reactive ketones (excluding diaryl/α,β-unsaturated/α-hetero) is 1. The highest BCUT2D eigenvalue weighted by molar-refractivity contribution is 8.01. The molecule has 9 atom stereocenters. The van der Waals surface area contributed by atoms with Crippen molar-refractivity contribution in [2.45, 2.75) is 110 Å². The number of amides is 1. The zero-order valence-electron chi connectivity index (χ0n) is 25.3. The van der Waals surface area contributed by atoms with Gasteiger partial charge in [0.05, 0.1) is 17.9 Å². The maximum atomic E-state index is 13.5. The Hall–Kier alpha value is -1.38. The van der Waals surface area contributed by atoms with Crippen LogP contribution in [0.2, 0.25) is 0 Å². The monoisotopic (exact) mass is 564 g/mol. The molecule has 3 aliphatic rings. The van der Waals surface area contributed by atoms with Crippen molar-refractivity contribution in [1.82, 2.24) is 5.32 Å². The number of ether oxygens (including phenoxy) is 1. The van der Waals surface area contributed by atoms with Gasteiger partial charge in [0.25, 0.3) is 0 Å². The van der Waals surface area contributed by atoms with Crippen molar-refractivity contribution < 1.29 is 24.2 Å². The molecule has 2 unspecified atom stereocenters. The lowest BCUT2D eigenvalue weighted by molar-refractivity contribution is -0.205. The Morgan fingerprint density at radius 3 is 2.51 bits per heavy atom. The fourth-order valence-electron chi connectivity index (χ4n) is 7.72. The van der Waals surface area contributed by atoms with Crippen LogP contribution in [-0.2, 0) is 19.1 Å². The molecule has 8 heteroatoms. The average Bonchev–Trinajstić information content (AvgIpc) is 3.24. The summed E-state index contributed by atoms with van der Waals surface area (Å²) in [5, 5.41) is 14.6. The molecule has 0 radical (unpaired) electrons. The van der Waals surface area contributed by atoms with Gasteiger partial charge in [0.15, 0.2) is 0 Å². The molecule has 3 fully saturated rings. The van der Waals surface area contributed by atoms with E-state index in [4.69, 9.17) is 10.5 Å². The van der Waals surface area contributed by atoms with Crippen LogP contribution in [0.3, 0.4) is 0 Å². The van der Waals surface area contributed by atoms with Gasteiger partial charge >= 0.3 is 5.97 Å². The van der Waals surface area contributed by atoms with Crippen molar-refractivity contribution in [3.63, 3.8) is 0 Å². The largest absolute Gasteiger partial charge is 0.461 e. The minimum Gasteiger partial charge on any atom is -0.461 e. The van der Waals surface area contributed by atoms with Gasteiger partial charge in [-0.2, -0.15) is 0 Å². The van der Waals surface area contributed by atoms with Crippen LogP contribution >= 0.6 is 11.8 Å². The topological polar surface area (TPSA) is 119 Å². The van der Waals surface area contributed by atoms with Crippen molar-refractivity contribution in [3.8, 4) is 0 Å². The van der Waals surface area contributed by atoms with E-state index in [1.807, 2.05) is 40.7 Å². The maximum absolute atomic E-state index is 13.5. The van der Waals surface area contributed by atoms with Gasteiger partial charge < -0.3 is 20.9 Å². The first-order valence-corrected chi connectivity index (χ1v) is 15.6. The lowest BCUT2D eigenvalue weighted by atomic mass is 9.44. The van der Waals surface area contributed by atoms with Crippen molar-refractivity contribution in [2.24, 2.45) is 45.7 Å². The maximum Gasteiger partial charge on any atom is 0.316 e. The van der Waals surface area contributed by atoms with Crippen molar-refractivity contribution in [1.29, 1.82) is 0 Å². The number of nitrogens with one attached hydrogen (secondary N) is 1. The van der Waals surface area contributed by atoms with Crippen LogP contribution in [0.1, 0.15) is 87.5 Å². The number of nitrogens with two attached hydrogens (primary N) is 1. The third kappa shape index (κ3) is 5.85. The zero-order chi connectivity index (χ0) is 29.6. The number of hydrogen-bond donors (Lipinski definition) is 3. The number of esters is 1. The van der Waals surface area contributed by atoms with Crippen molar-refractivity contribution in [2.75, 3.05) is 12.3 Å². The van der Waals surface area contributed by atoms with Crippen LogP contribution in [0, 0.1) is 39.9 Å². The number of thioether (sulfide) groups is 1. The standard InChI is InChI=1S/C31H52N2O5S/c1-10-29(8)15-22(38-23(35)16-39-28(6,7)17-33-27(37)24(32)18(2)3)30(9)19(4)11-13-31(20(5)26(29)36)14-12-21(34)25(30)31/h10,18-20,22,24-26,36H,1,11-17,32H2,2-9H3,(H,33,37)/t19?,20-,22+,24-,25-,26+,29?,30+,31+/m0/s1. The second-order valence-corrected chi connectivity index (χ2v) is 15.8. The smallest absolute Gasteiger partial charge is 0.316 e. The Bertz CT molecular complexity index is 969. The van der Waals surface area contributed by atoms with Gasteiger partial charge in [0, 0.05) is 34.5 Å². The second kappa shape index (κ2) is 11.5. The molecule has 4 N–H and O–H groups in total. The molecule has 2 bridgehead atoms. The Labute approximate surface area is 239 Å². The summed E-state index contributed by atoms with van der Waals surface area (Å²) in [6.45, 7) is 20.7. The highest BCUT2D eigenvalue weighted by Crippen LogP contribution is 2.68. The Morgan fingerprint density at radius 2 is 1.92 bits per heavy atom. The van der Waals surface area contributed by atoms with Gasteiger partial charge in [-0.05, 0) is 62.7 Å². The predicted octanol–water partition coefficient (Wildman–Crippen LogP) is 4.50. The van der Waals surface area contributed by atoms with Gasteiger partial charge in [0.1, 0.15) is 11.9 Å². The van der Waals surface area contributed by atoms with Crippen LogP contribution in [0.25, 0.3) is 0 Å². The van der Waals surface area contributed by atoms with E-state index in [1.165, 1.54) is 11.8 Å². The number of aliphatic hydroxyl groups is 1. The summed E-state index contributed by atoms with van der Waals surface area (Å²) in [6.07, 6.45) is 4.17. The molecule has 3 rings (SSSR count). The highest BCUT2D eigenvalue weighted by atomic mass is 32.2. The van der Waals surface area contributed by atoms with E-state index >= 15 is 0 Å². The summed E-state index contributed by atoms with van der Waals surface area (Å²) in [5.41, 5.74) is 4.49. The summed E-state index contributed by atoms with van der Waals surface area (Å²) in [7, 11) is 0. The number of hydrogen-bond acceptors (Lipinski definition) is 7. The SMILES string of the molecule is C=CC1(C)C[C@@H](OC(=O)CSC(C)(C)CNC(=O)[C@@H](N)C(C)C)[C@@]2(C)C(C)CC[C@@]3(CCC(=O)[C@H]32)[C@@H](C)[C@H]1O. The van der Waals surface area contributed by atoms with E-state index in [0.29, 0.717) is 19.4 Å². The molecular weight excluding hydrogens is 512 g/mol. The highest BCUT2D eigenvalue weighted by Gasteiger charge is 2.68. The summed E-state index contributed by atoms with van der Waals surface area (Å²) in [5.74, 6) is -0.243. The van der Waals surface area contributed by atoms with Crippen LogP contribution in [0.4, 0.5) is 0 Å². The first-order valence-electron chi connectivity index (χ1n) is 14.7. The number of rotatable bonds is 9. The third-order valence-corrected chi connectivity index (χ3v) is 12.2. The lowest BCUT2D eigenvalue weighted by Crippen LogP contribution is -2.63. The summed E-state index contributed by atoms with van der Waals surface area (Å²) < 4.78 is 5.92. The fraction of sp³-hybridized carbons (Fsp3) is 0.839. The molecule has 0 aromatic carbocycles. The van der Waals surface area contributed by atoms with Gasteiger partial charge in [-0.3, -0.25) is 14.4 Å². The Kier molecular flexibility index (Phi) is 9.46. The summed E-state index contributed by atoms with van der Waals surface area (Å²) in [4.78, 5) is 39.2. The van der Waals surface area contributed by atoms with Crippen LogP contribution < -0.4 is 11.1 Å².